The number of rotatable bonds is 6. The zero-order valence-corrected chi connectivity index (χ0v) is 14.5. The van der Waals surface area contributed by atoms with Crippen molar-refractivity contribution in [2.45, 2.75) is 6.61 Å². The lowest BCUT2D eigenvalue weighted by molar-refractivity contribution is -0.135. The summed E-state index contributed by atoms with van der Waals surface area (Å²) in [5, 5.41) is 9.64. The van der Waals surface area contributed by atoms with Crippen molar-refractivity contribution in [3.05, 3.63) is 64.2 Å². The van der Waals surface area contributed by atoms with Gasteiger partial charge in [-0.1, -0.05) is 35.9 Å². The molecule has 0 aliphatic heterocycles. The molecule has 6 heteroatoms. The molecule has 0 unspecified atom stereocenters. The van der Waals surface area contributed by atoms with Crippen molar-refractivity contribution in [2.75, 3.05) is 14.2 Å². The zero-order valence-electron chi connectivity index (χ0n) is 13.8. The van der Waals surface area contributed by atoms with Crippen LogP contribution in [0.2, 0.25) is 5.02 Å². The average molecular weight is 358 g/mol. The van der Waals surface area contributed by atoms with E-state index in [0.29, 0.717) is 22.1 Å². The van der Waals surface area contributed by atoms with Crippen LogP contribution in [0.1, 0.15) is 11.1 Å². The Balaban J connectivity index is 2.22. The third-order valence-corrected chi connectivity index (χ3v) is 3.73. The second kappa shape index (κ2) is 8.76. The quantitative estimate of drug-likeness (QED) is 0.444. The first-order chi connectivity index (χ1) is 12.1. The molecular formula is C19H16ClNO4. The van der Waals surface area contributed by atoms with Crippen LogP contribution in [0.25, 0.3) is 6.08 Å². The van der Waals surface area contributed by atoms with E-state index in [1.165, 1.54) is 20.3 Å². The van der Waals surface area contributed by atoms with Gasteiger partial charge >= 0.3 is 5.97 Å². The Bertz CT molecular complexity index is 840. The van der Waals surface area contributed by atoms with Crippen molar-refractivity contribution >= 4 is 23.6 Å². The Kier molecular flexibility index (Phi) is 6.44. The van der Waals surface area contributed by atoms with Crippen molar-refractivity contribution in [3.8, 4) is 17.6 Å². The SMILES string of the molecule is COC(=O)/C(C#N)=C/c1ccc(OCc2ccccc2Cl)c(OC)c1. The molecule has 128 valence electrons. The highest BCUT2D eigenvalue weighted by Crippen LogP contribution is 2.30. The van der Waals surface area contributed by atoms with Gasteiger partial charge in [0.25, 0.3) is 0 Å². The standard InChI is InChI=1S/C19H16ClNO4/c1-23-18-10-13(9-15(11-21)19(22)24-2)7-8-17(18)25-12-14-5-3-4-6-16(14)20/h3-10H,12H2,1-2H3/b15-9+. The van der Waals surface area contributed by atoms with Gasteiger partial charge in [0.2, 0.25) is 0 Å². The van der Waals surface area contributed by atoms with Crippen LogP contribution >= 0.6 is 11.6 Å². The van der Waals surface area contributed by atoms with E-state index < -0.39 is 5.97 Å². The third-order valence-electron chi connectivity index (χ3n) is 3.37. The second-order valence-electron chi connectivity index (χ2n) is 4.95. The van der Waals surface area contributed by atoms with Crippen molar-refractivity contribution in [1.29, 1.82) is 5.26 Å². The van der Waals surface area contributed by atoms with Gasteiger partial charge in [-0.15, -0.1) is 0 Å². The molecule has 0 aromatic heterocycles. The van der Waals surface area contributed by atoms with E-state index in [9.17, 15) is 4.79 Å². The van der Waals surface area contributed by atoms with Crippen molar-refractivity contribution in [2.24, 2.45) is 0 Å². The largest absolute Gasteiger partial charge is 0.493 e. The van der Waals surface area contributed by atoms with Gasteiger partial charge in [0.05, 0.1) is 14.2 Å². The number of ether oxygens (including phenoxy) is 3. The summed E-state index contributed by atoms with van der Waals surface area (Å²) in [6, 6.07) is 14.3. The van der Waals surface area contributed by atoms with Crippen LogP contribution in [0.4, 0.5) is 0 Å². The van der Waals surface area contributed by atoms with Crippen LogP contribution in [0.15, 0.2) is 48.0 Å². The van der Waals surface area contributed by atoms with E-state index >= 15 is 0 Å². The summed E-state index contributed by atoms with van der Waals surface area (Å²) in [7, 11) is 2.73. The predicted octanol–water partition coefficient (Wildman–Crippen LogP) is 4.01. The highest BCUT2D eigenvalue weighted by molar-refractivity contribution is 6.31. The van der Waals surface area contributed by atoms with Crippen molar-refractivity contribution < 1.29 is 19.0 Å². The molecule has 2 aromatic rings. The van der Waals surface area contributed by atoms with Crippen LogP contribution in [-0.4, -0.2) is 20.2 Å². The highest BCUT2D eigenvalue weighted by atomic mass is 35.5. The zero-order chi connectivity index (χ0) is 18.2. The Morgan fingerprint density at radius 1 is 1.20 bits per heavy atom. The summed E-state index contributed by atoms with van der Waals surface area (Å²) in [6.07, 6.45) is 1.42. The van der Waals surface area contributed by atoms with E-state index in [2.05, 4.69) is 4.74 Å². The molecule has 0 heterocycles. The Hall–Kier alpha value is -2.97. The predicted molar refractivity (Wildman–Crippen MR) is 94.4 cm³/mol. The lowest BCUT2D eigenvalue weighted by Crippen LogP contribution is -2.02. The second-order valence-corrected chi connectivity index (χ2v) is 5.36. The Morgan fingerprint density at radius 2 is 1.96 bits per heavy atom. The number of halogens is 1. The molecule has 0 N–H and O–H groups in total. The maximum absolute atomic E-state index is 11.5. The monoisotopic (exact) mass is 357 g/mol. The van der Waals surface area contributed by atoms with E-state index in [1.54, 1.807) is 30.3 Å². The van der Waals surface area contributed by atoms with Crippen molar-refractivity contribution in [3.63, 3.8) is 0 Å². The maximum atomic E-state index is 11.5. The molecule has 0 spiro atoms. The molecule has 0 atom stereocenters. The molecule has 0 aliphatic rings. The Morgan fingerprint density at radius 3 is 2.60 bits per heavy atom. The smallest absolute Gasteiger partial charge is 0.348 e. The molecule has 2 rings (SSSR count). The number of esters is 1. The summed E-state index contributed by atoms with van der Waals surface area (Å²) >= 11 is 6.11. The normalized spacial score (nSPS) is 10.7. The number of carbonyl (C=O) groups excluding carboxylic acids is 1. The molecule has 2 aromatic carbocycles. The number of hydrogen-bond donors (Lipinski definition) is 0. The summed E-state index contributed by atoms with van der Waals surface area (Å²) in [5.74, 6) is 0.305. The van der Waals surface area contributed by atoms with E-state index in [1.807, 2.05) is 18.2 Å². The molecule has 5 nitrogen and oxygen atoms in total. The summed E-state index contributed by atoms with van der Waals surface area (Å²) < 4.78 is 15.6. The minimum absolute atomic E-state index is 0.103. The minimum Gasteiger partial charge on any atom is -0.493 e. The molecule has 0 amide bonds. The fourth-order valence-corrected chi connectivity index (χ4v) is 2.27. The minimum atomic E-state index is -0.694. The fraction of sp³-hybridized carbons (Fsp3) is 0.158. The lowest BCUT2D eigenvalue weighted by atomic mass is 10.1. The van der Waals surface area contributed by atoms with E-state index in [-0.39, 0.29) is 12.2 Å². The lowest BCUT2D eigenvalue weighted by Gasteiger charge is -2.12. The summed E-state index contributed by atoms with van der Waals surface area (Å²) in [5.41, 5.74) is 1.37. The average Bonchev–Trinajstić information content (AvgIpc) is 2.65. The number of nitrogens with zero attached hydrogens (tertiary/aromatic N) is 1. The molecule has 0 saturated carbocycles. The van der Waals surface area contributed by atoms with Gasteiger partial charge in [-0.3, -0.25) is 0 Å². The Labute approximate surface area is 151 Å². The summed E-state index contributed by atoms with van der Waals surface area (Å²) in [6.45, 7) is 0.289. The first kappa shape index (κ1) is 18.4. The van der Waals surface area contributed by atoms with Gasteiger partial charge in [0.1, 0.15) is 18.2 Å². The van der Waals surface area contributed by atoms with Gasteiger partial charge in [-0.2, -0.15) is 5.26 Å². The number of nitriles is 1. The van der Waals surface area contributed by atoms with E-state index in [4.69, 9.17) is 26.3 Å². The number of hydrogen-bond acceptors (Lipinski definition) is 5. The molecule has 0 saturated heterocycles. The summed E-state index contributed by atoms with van der Waals surface area (Å²) in [4.78, 5) is 11.5. The molecule has 0 bridgehead atoms. The van der Waals surface area contributed by atoms with Crippen LogP contribution in [-0.2, 0) is 16.1 Å². The first-order valence-corrected chi connectivity index (χ1v) is 7.71. The van der Waals surface area contributed by atoms with Gasteiger partial charge in [-0.05, 0) is 29.8 Å². The first-order valence-electron chi connectivity index (χ1n) is 7.33. The van der Waals surface area contributed by atoms with Crippen LogP contribution in [0.3, 0.4) is 0 Å². The van der Waals surface area contributed by atoms with Gasteiger partial charge in [-0.25, -0.2) is 4.79 Å². The number of methoxy groups -OCH3 is 2. The molecule has 0 radical (unpaired) electrons. The fourth-order valence-electron chi connectivity index (χ4n) is 2.08. The van der Waals surface area contributed by atoms with Crippen LogP contribution in [0, 0.1) is 11.3 Å². The van der Waals surface area contributed by atoms with Crippen LogP contribution in [0.5, 0.6) is 11.5 Å². The third kappa shape index (κ3) is 4.75. The number of benzene rings is 2. The van der Waals surface area contributed by atoms with Gasteiger partial charge < -0.3 is 14.2 Å². The highest BCUT2D eigenvalue weighted by Gasteiger charge is 2.11. The van der Waals surface area contributed by atoms with Crippen molar-refractivity contribution in [1.82, 2.24) is 0 Å². The molecule has 0 aliphatic carbocycles. The molecule has 25 heavy (non-hydrogen) atoms. The van der Waals surface area contributed by atoms with Gasteiger partial charge in [0.15, 0.2) is 11.5 Å². The van der Waals surface area contributed by atoms with E-state index in [0.717, 1.165) is 5.56 Å². The van der Waals surface area contributed by atoms with Gasteiger partial charge in [0, 0.05) is 10.6 Å². The maximum Gasteiger partial charge on any atom is 0.348 e. The number of carbonyl (C=O) groups is 1. The molecular weight excluding hydrogens is 342 g/mol. The topological polar surface area (TPSA) is 68.6 Å². The molecule has 0 fully saturated rings. The van der Waals surface area contributed by atoms with Crippen LogP contribution < -0.4 is 9.47 Å².